The lowest BCUT2D eigenvalue weighted by Gasteiger charge is -2.50. The summed E-state index contributed by atoms with van der Waals surface area (Å²) in [7, 11) is 0. The zero-order valence-corrected chi connectivity index (χ0v) is 22.4. The third-order valence-electron chi connectivity index (χ3n) is 5.97. The Bertz CT molecular complexity index is 1560. The predicted octanol–water partition coefficient (Wildman–Crippen LogP) is -1.07. The average molecular weight is 570 g/mol. The number of imidazole rings is 1. The van der Waals surface area contributed by atoms with Crippen molar-refractivity contribution in [2.45, 2.75) is 31.8 Å². The zero-order valence-electron chi connectivity index (χ0n) is 20.8. The van der Waals surface area contributed by atoms with E-state index in [1.165, 1.54) is 11.8 Å². The molecule has 2 atom stereocenters. The minimum atomic E-state index is -1.49. The van der Waals surface area contributed by atoms with Crippen molar-refractivity contribution in [1.82, 2.24) is 29.2 Å². The number of aryl methyl sites for hydroxylation is 1. The molecule has 3 aromatic rings. The second-order valence-corrected chi connectivity index (χ2v) is 10.2. The van der Waals surface area contributed by atoms with E-state index in [2.05, 4.69) is 24.9 Å². The van der Waals surface area contributed by atoms with Crippen LogP contribution in [0.25, 0.3) is 11.7 Å². The van der Waals surface area contributed by atoms with Crippen molar-refractivity contribution in [3.63, 3.8) is 0 Å². The van der Waals surface area contributed by atoms with E-state index >= 15 is 0 Å². The number of anilines is 1. The van der Waals surface area contributed by atoms with Gasteiger partial charge in [0.2, 0.25) is 11.5 Å². The van der Waals surface area contributed by atoms with Crippen LogP contribution >= 0.6 is 23.3 Å². The SMILES string of the molecule is CCO/N=C(\C(=O)N[C@@H]1C(=O)N2C(C(=O)[O-])=C(/C=C/c3ccc4n(cc[n+]4CC)n3)CS[C@H]12)c1nsc(N)n1. The molecule has 0 aromatic carbocycles. The first kappa shape index (κ1) is 26.3. The fraction of sp³-hybridized carbons (Fsp3) is 0.304. The third-order valence-corrected chi connectivity index (χ3v) is 7.82. The summed E-state index contributed by atoms with van der Waals surface area (Å²) in [5, 5.41) is 22.5. The lowest BCUT2D eigenvalue weighted by molar-refractivity contribution is -0.667. The third kappa shape index (κ3) is 4.95. The van der Waals surface area contributed by atoms with E-state index in [9.17, 15) is 19.5 Å². The Morgan fingerprint density at radius 1 is 1.36 bits per heavy atom. The Morgan fingerprint density at radius 3 is 2.87 bits per heavy atom. The van der Waals surface area contributed by atoms with Crippen LogP contribution in [0.4, 0.5) is 5.13 Å². The fourth-order valence-electron chi connectivity index (χ4n) is 4.16. The molecule has 1 saturated heterocycles. The van der Waals surface area contributed by atoms with E-state index in [1.54, 1.807) is 23.6 Å². The molecule has 2 aliphatic rings. The highest BCUT2D eigenvalue weighted by Gasteiger charge is 2.53. The van der Waals surface area contributed by atoms with E-state index in [-0.39, 0.29) is 34.7 Å². The zero-order chi connectivity index (χ0) is 27.7. The van der Waals surface area contributed by atoms with E-state index < -0.39 is 29.2 Å². The number of allylic oxidation sites excluding steroid dienone is 1. The Labute approximate surface area is 230 Å². The van der Waals surface area contributed by atoms with Gasteiger partial charge in [0.1, 0.15) is 29.9 Å². The molecule has 2 amide bonds. The lowest BCUT2D eigenvalue weighted by atomic mass is 10.0. The van der Waals surface area contributed by atoms with Gasteiger partial charge in [-0.15, -0.1) is 16.3 Å². The van der Waals surface area contributed by atoms with Gasteiger partial charge in [-0.2, -0.15) is 9.36 Å². The number of carboxylic acids is 1. The number of carbonyl (C=O) groups excluding carboxylic acids is 3. The summed E-state index contributed by atoms with van der Waals surface area (Å²) in [5.74, 6) is -2.60. The van der Waals surface area contributed by atoms with Crippen molar-refractivity contribution < 1.29 is 28.9 Å². The number of carbonyl (C=O) groups is 3. The van der Waals surface area contributed by atoms with Gasteiger partial charge in [-0.25, -0.2) is 4.57 Å². The quantitative estimate of drug-likeness (QED) is 0.139. The number of fused-ring (bicyclic) bond motifs is 2. The van der Waals surface area contributed by atoms with Crippen LogP contribution in [0.2, 0.25) is 0 Å². The molecule has 2 aliphatic heterocycles. The molecule has 0 unspecified atom stereocenters. The van der Waals surface area contributed by atoms with E-state index in [1.807, 2.05) is 36.0 Å². The number of nitrogen functional groups attached to an aromatic ring is 1. The molecule has 0 radical (unpaired) electrons. The second kappa shape index (κ2) is 10.8. The number of nitrogens with one attached hydrogen (secondary N) is 1. The summed E-state index contributed by atoms with van der Waals surface area (Å²) in [6.07, 6.45) is 7.05. The van der Waals surface area contributed by atoms with Gasteiger partial charge in [0.25, 0.3) is 11.8 Å². The van der Waals surface area contributed by atoms with E-state index in [0.717, 1.165) is 28.6 Å². The number of aromatic nitrogens is 5. The number of oxime groups is 1. The minimum Gasteiger partial charge on any atom is -0.543 e. The van der Waals surface area contributed by atoms with Gasteiger partial charge in [0.15, 0.2) is 11.3 Å². The minimum absolute atomic E-state index is 0.0395. The number of amides is 2. The number of aliphatic carboxylic acids is 1. The van der Waals surface area contributed by atoms with Crippen LogP contribution in [0.3, 0.4) is 0 Å². The summed E-state index contributed by atoms with van der Waals surface area (Å²) >= 11 is 2.19. The predicted molar refractivity (Wildman–Crippen MR) is 140 cm³/mol. The van der Waals surface area contributed by atoms with Crippen molar-refractivity contribution in [3.05, 3.63) is 53.4 Å². The summed E-state index contributed by atoms with van der Waals surface area (Å²) < 4.78 is 7.75. The molecule has 0 aliphatic carbocycles. The van der Waals surface area contributed by atoms with Crippen LogP contribution in [-0.2, 0) is 25.8 Å². The first-order chi connectivity index (χ1) is 18.8. The van der Waals surface area contributed by atoms with Gasteiger partial charge in [0, 0.05) is 23.4 Å². The molecule has 5 heterocycles. The topological polar surface area (TPSA) is 184 Å². The standard InChI is InChI=1S/C23H23N9O5S2/c1-3-30-9-10-31-14(30)8-7-13(27-31)6-5-12-11-38-21-16(20(34)32(21)17(12)22(35)36)25-19(33)15(28-37-4-2)18-26-23(24)39-29-18/h5-10,16,21H,3-4,11H2,1-2H3,(H3-,24,25,26,29,33,35,36)/b6-5+,28-15-/t16-,21-/m1/s1. The molecule has 0 saturated carbocycles. The number of thioether (sulfide) groups is 1. The summed E-state index contributed by atoms with van der Waals surface area (Å²) in [5.41, 5.74) is 7.06. The number of nitrogens with two attached hydrogens (primary N) is 1. The van der Waals surface area contributed by atoms with Crippen LogP contribution in [0, 0.1) is 0 Å². The number of hydrogen-bond acceptors (Lipinski definition) is 12. The fourth-order valence-corrected chi connectivity index (χ4v) is 5.91. The first-order valence-corrected chi connectivity index (χ1v) is 13.7. The van der Waals surface area contributed by atoms with Crippen LogP contribution in [0.1, 0.15) is 25.4 Å². The molecule has 202 valence electrons. The average Bonchev–Trinajstić information content (AvgIpc) is 3.55. The van der Waals surface area contributed by atoms with Crippen LogP contribution < -0.4 is 20.7 Å². The van der Waals surface area contributed by atoms with Gasteiger partial charge < -0.3 is 25.8 Å². The highest BCUT2D eigenvalue weighted by molar-refractivity contribution is 8.00. The van der Waals surface area contributed by atoms with Crippen molar-refractivity contribution in [1.29, 1.82) is 0 Å². The van der Waals surface area contributed by atoms with Crippen molar-refractivity contribution >= 4 is 63.6 Å². The number of rotatable bonds is 9. The van der Waals surface area contributed by atoms with Gasteiger partial charge in [-0.3, -0.25) is 14.5 Å². The Hall–Kier alpha value is -4.31. The Morgan fingerprint density at radius 2 is 2.18 bits per heavy atom. The van der Waals surface area contributed by atoms with Gasteiger partial charge in [-0.1, -0.05) is 16.3 Å². The smallest absolute Gasteiger partial charge is 0.307 e. The molecule has 0 bridgehead atoms. The highest BCUT2D eigenvalue weighted by Crippen LogP contribution is 2.40. The number of nitrogens with zero attached hydrogens (tertiary/aromatic N) is 7. The van der Waals surface area contributed by atoms with Crippen LogP contribution in [0.15, 0.2) is 47.0 Å². The van der Waals surface area contributed by atoms with Crippen LogP contribution in [0.5, 0.6) is 0 Å². The number of hydrogen-bond donors (Lipinski definition) is 2. The maximum atomic E-state index is 13.0. The monoisotopic (exact) mass is 569 g/mol. The van der Waals surface area contributed by atoms with E-state index in [4.69, 9.17) is 10.6 Å². The molecule has 5 rings (SSSR count). The maximum Gasteiger partial charge on any atom is 0.307 e. The molecule has 16 heteroatoms. The molecular weight excluding hydrogens is 546 g/mol. The number of β-lactam (4-membered cyclic amide) rings is 1. The lowest BCUT2D eigenvalue weighted by Crippen LogP contribution is -2.71. The van der Waals surface area contributed by atoms with Crippen molar-refractivity contribution in [2.75, 3.05) is 18.1 Å². The van der Waals surface area contributed by atoms with E-state index in [0.29, 0.717) is 11.3 Å². The Balaban J connectivity index is 1.35. The molecule has 39 heavy (non-hydrogen) atoms. The maximum absolute atomic E-state index is 13.0. The summed E-state index contributed by atoms with van der Waals surface area (Å²) in [4.78, 5) is 48.2. The summed E-state index contributed by atoms with van der Waals surface area (Å²) in [6.45, 7) is 4.71. The molecule has 3 aromatic heterocycles. The van der Waals surface area contributed by atoms with Crippen LogP contribution in [-0.4, -0.2) is 71.1 Å². The largest absolute Gasteiger partial charge is 0.543 e. The van der Waals surface area contributed by atoms with Crippen molar-refractivity contribution in [2.24, 2.45) is 5.16 Å². The van der Waals surface area contributed by atoms with Gasteiger partial charge >= 0.3 is 5.65 Å². The second-order valence-electron chi connectivity index (χ2n) is 8.31. The normalized spacial score (nSPS) is 19.4. The molecular formula is C23H23N9O5S2. The molecule has 0 spiro atoms. The molecule has 1 fully saturated rings. The highest BCUT2D eigenvalue weighted by atomic mass is 32.2. The summed E-state index contributed by atoms with van der Waals surface area (Å²) in [6, 6.07) is 2.75. The number of carboxylic acid groups (broad SMARTS) is 1. The molecule has 3 N–H and O–H groups in total. The van der Waals surface area contributed by atoms with Crippen molar-refractivity contribution in [3.8, 4) is 0 Å². The first-order valence-electron chi connectivity index (χ1n) is 11.9. The van der Waals surface area contributed by atoms with Gasteiger partial charge in [-0.05, 0) is 31.6 Å². The van der Waals surface area contributed by atoms with Gasteiger partial charge in [0.05, 0.1) is 18.2 Å². The molecule has 14 nitrogen and oxygen atoms in total. The Kier molecular flexibility index (Phi) is 7.30.